The van der Waals surface area contributed by atoms with Crippen LogP contribution in [0.2, 0.25) is 0 Å². The second-order valence-corrected chi connectivity index (χ2v) is 9.35. The Hall–Kier alpha value is -2.76. The van der Waals surface area contributed by atoms with E-state index in [1.165, 1.54) is 54.4 Å². The minimum atomic E-state index is 0.826. The number of thiophene rings is 1. The third kappa shape index (κ3) is 4.48. The number of nitrogens with zero attached hydrogens (tertiary/aromatic N) is 3. The second-order valence-electron chi connectivity index (χ2n) is 8.49. The summed E-state index contributed by atoms with van der Waals surface area (Å²) in [6, 6.07) is 21.2. The lowest BCUT2D eigenvalue weighted by molar-refractivity contribution is -0.919. The molecule has 0 atom stereocenters. The highest BCUT2D eigenvalue weighted by Gasteiger charge is 2.21. The summed E-state index contributed by atoms with van der Waals surface area (Å²) in [4.78, 5) is 15.2. The van der Waals surface area contributed by atoms with Gasteiger partial charge in [0.25, 0.3) is 0 Å². The van der Waals surface area contributed by atoms with Crippen molar-refractivity contribution in [1.29, 1.82) is 0 Å². The van der Waals surface area contributed by atoms with Gasteiger partial charge in [-0.2, -0.15) is 0 Å². The van der Waals surface area contributed by atoms with Gasteiger partial charge in [0.2, 0.25) is 0 Å². The van der Waals surface area contributed by atoms with E-state index < -0.39 is 0 Å². The minimum Gasteiger partial charge on any atom is -0.355 e. The van der Waals surface area contributed by atoms with Crippen LogP contribution in [0.3, 0.4) is 0 Å². The van der Waals surface area contributed by atoms with Crippen molar-refractivity contribution in [2.45, 2.75) is 32.4 Å². The van der Waals surface area contributed by atoms with Gasteiger partial charge in [-0.3, -0.25) is 0 Å². The Kier molecular flexibility index (Phi) is 5.96. The fourth-order valence-corrected chi connectivity index (χ4v) is 5.50. The van der Waals surface area contributed by atoms with E-state index in [1.807, 2.05) is 0 Å². The van der Waals surface area contributed by atoms with Crippen molar-refractivity contribution in [3.05, 3.63) is 77.4 Å². The van der Waals surface area contributed by atoms with Crippen molar-refractivity contribution in [3.63, 3.8) is 0 Å². The van der Waals surface area contributed by atoms with Gasteiger partial charge in [0.05, 0.1) is 18.5 Å². The Bertz CT molecular complexity index is 1130. The number of anilines is 1. The quantitative estimate of drug-likeness (QED) is 0.488. The molecule has 2 aromatic carbocycles. The molecule has 0 radical (unpaired) electrons. The lowest BCUT2D eigenvalue weighted by Crippen LogP contribution is -3.11. The minimum absolute atomic E-state index is 0.826. The van der Waals surface area contributed by atoms with Crippen LogP contribution >= 0.6 is 11.3 Å². The molecule has 5 heteroatoms. The smallest absolute Gasteiger partial charge is 0.187 e. The highest BCUT2D eigenvalue weighted by atomic mass is 32.1. The van der Waals surface area contributed by atoms with Gasteiger partial charge < -0.3 is 9.80 Å². The highest BCUT2D eigenvalue weighted by Crippen LogP contribution is 2.38. The first-order valence-corrected chi connectivity index (χ1v) is 12.1. The van der Waals surface area contributed by atoms with Gasteiger partial charge in [0.15, 0.2) is 5.82 Å². The molecule has 0 aliphatic carbocycles. The summed E-state index contributed by atoms with van der Waals surface area (Å²) in [5.41, 5.74) is 3.74. The molecule has 3 heterocycles. The summed E-state index contributed by atoms with van der Waals surface area (Å²) in [7, 11) is 2.15. The van der Waals surface area contributed by atoms with Gasteiger partial charge in [-0.25, -0.2) is 9.97 Å². The van der Waals surface area contributed by atoms with Gasteiger partial charge >= 0.3 is 0 Å². The average Bonchev–Trinajstić information content (AvgIpc) is 3.24. The lowest BCUT2D eigenvalue weighted by Gasteiger charge is -2.24. The molecule has 4 aromatic rings. The van der Waals surface area contributed by atoms with Crippen LogP contribution in [-0.4, -0.2) is 30.1 Å². The number of benzene rings is 2. The Morgan fingerprint density at radius 3 is 2.35 bits per heavy atom. The zero-order chi connectivity index (χ0) is 21.0. The molecule has 0 spiro atoms. The number of piperidine rings is 1. The van der Waals surface area contributed by atoms with Crippen molar-refractivity contribution < 1.29 is 4.90 Å². The molecular formula is C26H29N4S+. The second kappa shape index (κ2) is 9.16. The Balaban J connectivity index is 1.57. The maximum atomic E-state index is 5.15. The summed E-state index contributed by atoms with van der Waals surface area (Å²) >= 11 is 1.74. The number of aromatic nitrogens is 2. The van der Waals surface area contributed by atoms with Gasteiger partial charge in [-0.15, -0.1) is 11.3 Å². The van der Waals surface area contributed by atoms with Crippen molar-refractivity contribution in [2.24, 2.45) is 0 Å². The lowest BCUT2D eigenvalue weighted by atomic mass is 10.1. The highest BCUT2D eigenvalue weighted by molar-refractivity contribution is 7.17. The van der Waals surface area contributed by atoms with Crippen molar-refractivity contribution in [3.8, 4) is 11.1 Å². The zero-order valence-corrected chi connectivity index (χ0v) is 18.9. The van der Waals surface area contributed by atoms with E-state index in [-0.39, 0.29) is 0 Å². The first-order chi connectivity index (χ1) is 15.3. The van der Waals surface area contributed by atoms with Crippen molar-refractivity contribution in [1.82, 2.24) is 9.97 Å². The average molecular weight is 430 g/mol. The van der Waals surface area contributed by atoms with Crippen LogP contribution in [0.25, 0.3) is 21.3 Å². The summed E-state index contributed by atoms with van der Waals surface area (Å²) in [6.45, 7) is 4.21. The van der Waals surface area contributed by atoms with Crippen LogP contribution < -0.4 is 9.80 Å². The van der Waals surface area contributed by atoms with Gasteiger partial charge in [0.1, 0.15) is 17.2 Å². The van der Waals surface area contributed by atoms with E-state index in [0.717, 1.165) is 29.6 Å². The molecule has 0 bridgehead atoms. The summed E-state index contributed by atoms with van der Waals surface area (Å²) < 4.78 is 0. The van der Waals surface area contributed by atoms with E-state index in [2.05, 4.69) is 78.0 Å². The van der Waals surface area contributed by atoms with E-state index in [0.29, 0.717) is 0 Å². The molecule has 0 amide bonds. The molecule has 5 rings (SSSR count). The molecule has 0 saturated carbocycles. The Morgan fingerprint density at radius 2 is 1.61 bits per heavy atom. The van der Waals surface area contributed by atoms with Crippen molar-refractivity contribution >= 4 is 27.4 Å². The van der Waals surface area contributed by atoms with E-state index in [1.54, 1.807) is 16.2 Å². The number of quaternary nitrogens is 1. The predicted molar refractivity (Wildman–Crippen MR) is 130 cm³/mol. The molecule has 1 N–H and O–H groups in total. The van der Waals surface area contributed by atoms with Crippen LogP contribution in [-0.2, 0) is 13.1 Å². The largest absolute Gasteiger partial charge is 0.355 e. The maximum absolute atomic E-state index is 5.15. The van der Waals surface area contributed by atoms with Crippen LogP contribution in [0.1, 0.15) is 30.7 Å². The first kappa shape index (κ1) is 20.2. The van der Waals surface area contributed by atoms with Crippen LogP contribution in [0.15, 0.2) is 66.0 Å². The van der Waals surface area contributed by atoms with E-state index in [9.17, 15) is 0 Å². The molecule has 31 heavy (non-hydrogen) atoms. The van der Waals surface area contributed by atoms with Crippen LogP contribution in [0.5, 0.6) is 0 Å². The first-order valence-electron chi connectivity index (χ1n) is 11.2. The molecule has 2 aromatic heterocycles. The normalized spacial score (nSPS) is 14.7. The number of nitrogens with one attached hydrogen (secondary N) is 1. The number of hydrogen-bond donors (Lipinski definition) is 1. The third-order valence-electron chi connectivity index (χ3n) is 6.14. The molecule has 1 aliphatic rings. The molecule has 4 nitrogen and oxygen atoms in total. The zero-order valence-electron chi connectivity index (χ0n) is 18.1. The number of hydrogen-bond acceptors (Lipinski definition) is 4. The van der Waals surface area contributed by atoms with E-state index in [4.69, 9.17) is 9.97 Å². The third-order valence-corrected chi connectivity index (χ3v) is 7.01. The maximum Gasteiger partial charge on any atom is 0.187 e. The Labute approximate surface area is 188 Å². The predicted octanol–water partition coefficient (Wildman–Crippen LogP) is 4.56. The summed E-state index contributed by atoms with van der Waals surface area (Å²) in [6.07, 6.45) is 3.99. The molecule has 1 fully saturated rings. The number of fused-ring (bicyclic) bond motifs is 1. The van der Waals surface area contributed by atoms with Gasteiger partial charge in [0, 0.05) is 24.5 Å². The fraction of sp³-hybridized carbons (Fsp3) is 0.308. The van der Waals surface area contributed by atoms with Crippen LogP contribution in [0, 0.1) is 0 Å². The SMILES string of the molecule is CN(Cc1ccccc1)c1nc(C[NH+]2CCCCC2)nc2scc(-c3ccccc3)c12. The van der Waals surface area contributed by atoms with E-state index >= 15 is 0 Å². The molecule has 1 saturated heterocycles. The van der Waals surface area contributed by atoms with Crippen molar-refractivity contribution in [2.75, 3.05) is 25.0 Å². The summed E-state index contributed by atoms with van der Waals surface area (Å²) in [5.74, 6) is 2.01. The summed E-state index contributed by atoms with van der Waals surface area (Å²) in [5, 5.41) is 3.42. The molecule has 1 aliphatic heterocycles. The topological polar surface area (TPSA) is 33.5 Å². The van der Waals surface area contributed by atoms with Crippen LogP contribution in [0.4, 0.5) is 5.82 Å². The fourth-order valence-electron chi connectivity index (χ4n) is 4.54. The number of rotatable bonds is 6. The van der Waals surface area contributed by atoms with Gasteiger partial charge in [-0.1, -0.05) is 60.7 Å². The molecule has 0 unspecified atom stereocenters. The number of likely N-dealkylation sites (tertiary alicyclic amines) is 1. The monoisotopic (exact) mass is 429 g/mol. The van der Waals surface area contributed by atoms with Gasteiger partial charge in [-0.05, 0) is 30.4 Å². The standard InChI is InChI=1S/C26H28N4S/c1-29(17-20-11-5-2-6-12-20)25-24-22(21-13-7-3-8-14-21)19-31-26(24)28-23(27-25)18-30-15-9-4-10-16-30/h2-3,5-8,11-14,19H,4,9-10,15-18H2,1H3/p+1. The molecule has 158 valence electrons. The molecular weight excluding hydrogens is 400 g/mol. The Morgan fingerprint density at radius 1 is 0.903 bits per heavy atom.